The van der Waals surface area contributed by atoms with Crippen LogP contribution in [-0.2, 0) is 6.42 Å². The molecule has 3 heteroatoms. The fraction of sp³-hybridized carbons (Fsp3) is 0.455. The number of rotatable bonds is 3. The van der Waals surface area contributed by atoms with Crippen LogP contribution in [0.4, 0.5) is 8.78 Å². The van der Waals surface area contributed by atoms with E-state index in [9.17, 15) is 8.78 Å². The summed E-state index contributed by atoms with van der Waals surface area (Å²) >= 11 is 0. The molecular formula is C11H15F2N. The van der Waals surface area contributed by atoms with Gasteiger partial charge >= 0.3 is 0 Å². The minimum atomic E-state index is -0.796. The van der Waals surface area contributed by atoms with E-state index in [2.05, 4.69) is 0 Å². The third-order valence-corrected chi connectivity index (χ3v) is 2.25. The Morgan fingerprint density at radius 3 is 2.50 bits per heavy atom. The second kappa shape index (κ2) is 4.05. The standard InChI is InChI=1S/C11H15F2N/c1-11(2,7-14)6-8-4-3-5-9(12)10(8)13/h3-5H,6-7,14H2,1-2H3. The third-order valence-electron chi connectivity index (χ3n) is 2.25. The maximum Gasteiger partial charge on any atom is 0.162 e. The molecule has 0 fully saturated rings. The number of hydrogen-bond acceptors (Lipinski definition) is 1. The number of benzene rings is 1. The van der Waals surface area contributed by atoms with Gasteiger partial charge in [-0.2, -0.15) is 0 Å². The summed E-state index contributed by atoms with van der Waals surface area (Å²) in [6.45, 7) is 4.30. The zero-order chi connectivity index (χ0) is 10.8. The smallest absolute Gasteiger partial charge is 0.162 e. The van der Waals surface area contributed by atoms with Gasteiger partial charge in [0.25, 0.3) is 0 Å². The van der Waals surface area contributed by atoms with Crippen LogP contribution in [0, 0.1) is 17.0 Å². The zero-order valence-electron chi connectivity index (χ0n) is 8.48. The molecule has 0 aliphatic heterocycles. The Bertz CT molecular complexity index is 321. The topological polar surface area (TPSA) is 26.0 Å². The first kappa shape index (κ1) is 11.1. The quantitative estimate of drug-likeness (QED) is 0.795. The van der Waals surface area contributed by atoms with E-state index in [0.29, 0.717) is 18.5 Å². The number of hydrogen-bond donors (Lipinski definition) is 1. The van der Waals surface area contributed by atoms with Gasteiger partial charge in [-0.15, -0.1) is 0 Å². The summed E-state index contributed by atoms with van der Waals surface area (Å²) in [5, 5.41) is 0. The van der Waals surface area contributed by atoms with E-state index >= 15 is 0 Å². The molecule has 0 bridgehead atoms. The Kier molecular flexibility index (Phi) is 3.21. The van der Waals surface area contributed by atoms with Crippen molar-refractivity contribution in [2.24, 2.45) is 11.1 Å². The van der Waals surface area contributed by atoms with Crippen LogP contribution in [0.1, 0.15) is 19.4 Å². The highest BCUT2D eigenvalue weighted by Crippen LogP contribution is 2.22. The summed E-state index contributed by atoms with van der Waals surface area (Å²) in [5.74, 6) is -1.55. The molecule has 0 spiro atoms. The lowest BCUT2D eigenvalue weighted by molar-refractivity contribution is 0.366. The Balaban J connectivity index is 2.92. The molecule has 1 aromatic rings. The van der Waals surface area contributed by atoms with Crippen molar-refractivity contribution in [3.05, 3.63) is 35.4 Å². The van der Waals surface area contributed by atoms with Crippen molar-refractivity contribution in [3.8, 4) is 0 Å². The predicted octanol–water partition coefficient (Wildman–Crippen LogP) is 2.49. The molecule has 1 rings (SSSR count). The maximum atomic E-state index is 13.3. The van der Waals surface area contributed by atoms with E-state index in [1.807, 2.05) is 13.8 Å². The third kappa shape index (κ3) is 2.51. The number of halogens is 2. The van der Waals surface area contributed by atoms with Gasteiger partial charge in [-0.1, -0.05) is 26.0 Å². The van der Waals surface area contributed by atoms with Crippen LogP contribution in [0.5, 0.6) is 0 Å². The monoisotopic (exact) mass is 199 g/mol. The van der Waals surface area contributed by atoms with Crippen LogP contribution in [0.25, 0.3) is 0 Å². The SMILES string of the molecule is CC(C)(CN)Cc1cccc(F)c1F. The minimum Gasteiger partial charge on any atom is -0.330 e. The lowest BCUT2D eigenvalue weighted by Crippen LogP contribution is -2.26. The van der Waals surface area contributed by atoms with E-state index in [0.717, 1.165) is 6.07 Å². The van der Waals surface area contributed by atoms with Crippen LogP contribution in [0.15, 0.2) is 18.2 Å². The molecule has 0 unspecified atom stereocenters. The van der Waals surface area contributed by atoms with E-state index in [1.54, 1.807) is 6.07 Å². The molecule has 1 nitrogen and oxygen atoms in total. The molecule has 0 radical (unpaired) electrons. The summed E-state index contributed by atoms with van der Waals surface area (Å²) in [5.41, 5.74) is 5.72. The van der Waals surface area contributed by atoms with E-state index in [4.69, 9.17) is 5.73 Å². The molecule has 78 valence electrons. The van der Waals surface area contributed by atoms with Gasteiger partial charge in [0.2, 0.25) is 0 Å². The second-order valence-electron chi connectivity index (χ2n) is 4.26. The zero-order valence-corrected chi connectivity index (χ0v) is 8.48. The van der Waals surface area contributed by atoms with Crippen LogP contribution in [0.2, 0.25) is 0 Å². The van der Waals surface area contributed by atoms with Gasteiger partial charge in [0.05, 0.1) is 0 Å². The highest BCUT2D eigenvalue weighted by atomic mass is 19.2. The Morgan fingerprint density at radius 1 is 1.29 bits per heavy atom. The molecule has 0 aromatic heterocycles. The Labute approximate surface area is 82.9 Å². The van der Waals surface area contributed by atoms with E-state index in [1.165, 1.54) is 6.07 Å². The second-order valence-corrected chi connectivity index (χ2v) is 4.26. The van der Waals surface area contributed by atoms with E-state index < -0.39 is 11.6 Å². The molecule has 0 aliphatic carbocycles. The van der Waals surface area contributed by atoms with Crippen LogP contribution < -0.4 is 5.73 Å². The van der Waals surface area contributed by atoms with Crippen molar-refractivity contribution in [1.82, 2.24) is 0 Å². The Morgan fingerprint density at radius 2 is 1.93 bits per heavy atom. The van der Waals surface area contributed by atoms with Gasteiger partial charge in [0.1, 0.15) is 0 Å². The minimum absolute atomic E-state index is 0.200. The Hall–Kier alpha value is -0.960. The van der Waals surface area contributed by atoms with Crippen molar-refractivity contribution >= 4 is 0 Å². The molecule has 0 aliphatic rings. The normalized spacial score (nSPS) is 11.8. The van der Waals surface area contributed by atoms with Crippen molar-refractivity contribution < 1.29 is 8.78 Å². The first-order valence-electron chi connectivity index (χ1n) is 4.59. The predicted molar refractivity (Wildman–Crippen MR) is 52.9 cm³/mol. The summed E-state index contributed by atoms with van der Waals surface area (Å²) < 4.78 is 26.1. The maximum absolute atomic E-state index is 13.3. The summed E-state index contributed by atoms with van der Waals surface area (Å²) in [6, 6.07) is 4.23. The fourth-order valence-corrected chi connectivity index (χ4v) is 1.27. The molecule has 0 heterocycles. The van der Waals surface area contributed by atoms with Crippen molar-refractivity contribution in [2.75, 3.05) is 6.54 Å². The number of nitrogens with two attached hydrogens (primary N) is 1. The largest absolute Gasteiger partial charge is 0.330 e. The van der Waals surface area contributed by atoms with Gasteiger partial charge in [-0.05, 0) is 30.0 Å². The van der Waals surface area contributed by atoms with Crippen molar-refractivity contribution in [2.45, 2.75) is 20.3 Å². The first-order chi connectivity index (χ1) is 6.46. The lowest BCUT2D eigenvalue weighted by Gasteiger charge is -2.22. The molecular weight excluding hydrogens is 184 g/mol. The van der Waals surface area contributed by atoms with Gasteiger partial charge in [-0.3, -0.25) is 0 Å². The molecule has 2 N–H and O–H groups in total. The molecule has 14 heavy (non-hydrogen) atoms. The van der Waals surface area contributed by atoms with Gasteiger partial charge < -0.3 is 5.73 Å². The molecule has 0 amide bonds. The van der Waals surface area contributed by atoms with Gasteiger partial charge in [0, 0.05) is 0 Å². The average Bonchev–Trinajstić information content (AvgIpc) is 2.13. The van der Waals surface area contributed by atoms with E-state index in [-0.39, 0.29) is 5.41 Å². The molecule has 0 saturated heterocycles. The molecule has 0 atom stereocenters. The molecule has 1 aromatic carbocycles. The average molecular weight is 199 g/mol. The van der Waals surface area contributed by atoms with Crippen molar-refractivity contribution in [1.29, 1.82) is 0 Å². The highest BCUT2D eigenvalue weighted by Gasteiger charge is 2.19. The fourth-order valence-electron chi connectivity index (χ4n) is 1.27. The first-order valence-corrected chi connectivity index (χ1v) is 4.59. The molecule has 0 saturated carbocycles. The van der Waals surface area contributed by atoms with Crippen LogP contribution >= 0.6 is 0 Å². The summed E-state index contributed by atoms with van der Waals surface area (Å²) in [4.78, 5) is 0. The highest BCUT2D eigenvalue weighted by molar-refractivity contribution is 5.20. The van der Waals surface area contributed by atoms with Crippen LogP contribution in [0.3, 0.4) is 0 Å². The van der Waals surface area contributed by atoms with Gasteiger partial charge in [-0.25, -0.2) is 8.78 Å². The van der Waals surface area contributed by atoms with Crippen LogP contribution in [-0.4, -0.2) is 6.54 Å². The summed E-state index contributed by atoms with van der Waals surface area (Å²) in [7, 11) is 0. The lowest BCUT2D eigenvalue weighted by atomic mass is 9.86. The van der Waals surface area contributed by atoms with Gasteiger partial charge in [0.15, 0.2) is 11.6 Å². The van der Waals surface area contributed by atoms with Crippen molar-refractivity contribution in [3.63, 3.8) is 0 Å². The summed E-state index contributed by atoms with van der Waals surface area (Å²) in [6.07, 6.45) is 0.451.